The molecular formula is C20H23N5O5S. The van der Waals surface area contributed by atoms with E-state index in [1.165, 1.54) is 12.5 Å². The number of hydrogen-bond acceptors (Lipinski definition) is 9. The van der Waals surface area contributed by atoms with Crippen LogP contribution in [0.4, 0.5) is 17.2 Å². The van der Waals surface area contributed by atoms with Crippen molar-refractivity contribution in [2.24, 2.45) is 0 Å². The topological polar surface area (TPSA) is 149 Å². The lowest BCUT2D eigenvalue weighted by Gasteiger charge is -2.15. The molecule has 2 heterocycles. The first kappa shape index (κ1) is 22.1. The highest BCUT2D eigenvalue weighted by Crippen LogP contribution is 2.28. The predicted octanol–water partition coefficient (Wildman–Crippen LogP) is 2.24. The Kier molecular flexibility index (Phi) is 6.75. The Bertz CT molecular complexity index is 1150. The lowest BCUT2D eigenvalue weighted by atomic mass is 10.1. The maximum atomic E-state index is 12.5. The first-order chi connectivity index (χ1) is 14.8. The fraction of sp³-hybridized carbons (Fsp3) is 0.250. The number of ether oxygens (including phenoxy) is 1. The molecule has 31 heavy (non-hydrogen) atoms. The smallest absolute Gasteiger partial charge is 0.258 e. The molecule has 0 aliphatic heterocycles. The minimum absolute atomic E-state index is 0.0415. The van der Waals surface area contributed by atoms with Crippen molar-refractivity contribution < 1.29 is 22.4 Å². The number of rotatable bonds is 9. The summed E-state index contributed by atoms with van der Waals surface area (Å²) in [6.07, 6.45) is 4.08. The average molecular weight is 446 g/mol. The lowest BCUT2D eigenvalue weighted by molar-refractivity contribution is 0.0952. The monoisotopic (exact) mass is 445 g/mol. The van der Waals surface area contributed by atoms with E-state index in [1.807, 2.05) is 24.3 Å². The summed E-state index contributed by atoms with van der Waals surface area (Å²) in [7, 11) is -3.20. The molecule has 0 aliphatic carbocycles. The number of amides is 1. The van der Waals surface area contributed by atoms with Crippen molar-refractivity contribution in [1.29, 1.82) is 0 Å². The number of oxazole rings is 1. The summed E-state index contributed by atoms with van der Waals surface area (Å²) in [6.45, 7) is 1.98. The van der Waals surface area contributed by atoms with Crippen molar-refractivity contribution in [3.05, 3.63) is 48.5 Å². The number of carbonyl (C=O) groups is 1. The highest BCUT2D eigenvalue weighted by molar-refractivity contribution is 7.90. The third-order valence-electron chi connectivity index (χ3n) is 4.16. The minimum atomic E-state index is -3.20. The standard InChI is InChI=1S/C20H23N5O5S/c1-3-29-20-18(19(26)23-8-9-31(2,27)28)15(21)10-17(25-20)24-14-6-4-13(5-7-14)16-11-22-12-30-16/h4-7,10-12H,3,8-9H2,1-2H3,(H,23,26)(H3,21,24,25). The molecular weight excluding hydrogens is 422 g/mol. The Morgan fingerprint density at radius 1 is 1.26 bits per heavy atom. The zero-order valence-electron chi connectivity index (χ0n) is 17.1. The van der Waals surface area contributed by atoms with Crippen molar-refractivity contribution in [3.63, 3.8) is 0 Å². The third kappa shape index (κ3) is 5.95. The van der Waals surface area contributed by atoms with Crippen LogP contribution in [-0.4, -0.2) is 49.5 Å². The zero-order valence-corrected chi connectivity index (χ0v) is 17.9. The molecule has 10 nitrogen and oxygen atoms in total. The molecule has 1 aromatic carbocycles. The summed E-state index contributed by atoms with van der Waals surface area (Å²) < 4.78 is 33.3. The van der Waals surface area contributed by atoms with Gasteiger partial charge in [-0.25, -0.2) is 13.4 Å². The third-order valence-corrected chi connectivity index (χ3v) is 5.10. The number of aromatic nitrogens is 2. The van der Waals surface area contributed by atoms with Crippen LogP contribution >= 0.6 is 0 Å². The second-order valence-corrected chi connectivity index (χ2v) is 8.92. The summed E-state index contributed by atoms with van der Waals surface area (Å²) in [5.74, 6) is 0.361. The van der Waals surface area contributed by atoms with E-state index in [1.54, 1.807) is 13.1 Å². The van der Waals surface area contributed by atoms with Crippen LogP contribution in [-0.2, 0) is 9.84 Å². The van der Waals surface area contributed by atoms with Crippen LogP contribution in [0.2, 0.25) is 0 Å². The number of sulfone groups is 1. The molecule has 0 atom stereocenters. The molecule has 4 N–H and O–H groups in total. The van der Waals surface area contributed by atoms with Gasteiger partial charge in [-0.3, -0.25) is 4.79 Å². The van der Waals surface area contributed by atoms with Crippen molar-refractivity contribution >= 4 is 32.9 Å². The van der Waals surface area contributed by atoms with Gasteiger partial charge < -0.3 is 25.5 Å². The molecule has 0 saturated heterocycles. The van der Waals surface area contributed by atoms with Gasteiger partial charge in [0, 0.05) is 30.1 Å². The number of carbonyl (C=O) groups excluding carboxylic acids is 1. The molecule has 1 amide bonds. The van der Waals surface area contributed by atoms with Gasteiger partial charge in [-0.1, -0.05) is 0 Å². The molecule has 2 aromatic heterocycles. The summed E-state index contributed by atoms with van der Waals surface area (Å²) in [5.41, 5.74) is 7.91. The van der Waals surface area contributed by atoms with Gasteiger partial charge in [-0.15, -0.1) is 0 Å². The minimum Gasteiger partial charge on any atom is -0.477 e. The van der Waals surface area contributed by atoms with Gasteiger partial charge in [-0.05, 0) is 31.2 Å². The second-order valence-electron chi connectivity index (χ2n) is 6.66. The molecule has 0 saturated carbocycles. The van der Waals surface area contributed by atoms with E-state index in [4.69, 9.17) is 14.9 Å². The molecule has 0 bridgehead atoms. The van der Waals surface area contributed by atoms with Gasteiger partial charge in [0.2, 0.25) is 5.88 Å². The van der Waals surface area contributed by atoms with Gasteiger partial charge in [-0.2, -0.15) is 4.98 Å². The lowest BCUT2D eigenvalue weighted by Crippen LogP contribution is -2.30. The van der Waals surface area contributed by atoms with Gasteiger partial charge in [0.1, 0.15) is 21.2 Å². The first-order valence-corrected chi connectivity index (χ1v) is 11.5. The number of benzene rings is 1. The van der Waals surface area contributed by atoms with E-state index < -0.39 is 15.7 Å². The van der Waals surface area contributed by atoms with Crippen LogP contribution < -0.4 is 21.1 Å². The van der Waals surface area contributed by atoms with Crippen molar-refractivity contribution in [2.75, 3.05) is 36.2 Å². The van der Waals surface area contributed by atoms with Gasteiger partial charge in [0.25, 0.3) is 5.91 Å². The van der Waals surface area contributed by atoms with E-state index in [2.05, 4.69) is 20.6 Å². The molecule has 0 fully saturated rings. The quantitative estimate of drug-likeness (QED) is 0.450. The first-order valence-electron chi connectivity index (χ1n) is 9.42. The van der Waals surface area contributed by atoms with Crippen molar-refractivity contribution in [3.8, 4) is 17.2 Å². The largest absolute Gasteiger partial charge is 0.477 e. The van der Waals surface area contributed by atoms with Crippen LogP contribution in [0.5, 0.6) is 5.88 Å². The van der Waals surface area contributed by atoms with E-state index in [-0.39, 0.29) is 36.0 Å². The Hall–Kier alpha value is -3.60. The van der Waals surface area contributed by atoms with Gasteiger partial charge in [0.15, 0.2) is 12.2 Å². The van der Waals surface area contributed by atoms with Crippen LogP contribution in [0, 0.1) is 0 Å². The second kappa shape index (κ2) is 9.47. The molecule has 0 spiro atoms. The van der Waals surface area contributed by atoms with E-state index in [0.29, 0.717) is 11.6 Å². The average Bonchev–Trinajstić information content (AvgIpc) is 3.22. The number of hydrogen-bond donors (Lipinski definition) is 3. The molecule has 3 aromatic rings. The summed E-state index contributed by atoms with van der Waals surface area (Å²) in [5, 5.41) is 5.65. The van der Waals surface area contributed by atoms with E-state index in [9.17, 15) is 13.2 Å². The molecule has 0 aliphatic rings. The number of pyridine rings is 1. The molecule has 3 rings (SSSR count). The van der Waals surface area contributed by atoms with Gasteiger partial charge >= 0.3 is 0 Å². The molecule has 0 radical (unpaired) electrons. The Labute approximate surface area is 179 Å². The fourth-order valence-electron chi connectivity index (χ4n) is 2.74. The highest BCUT2D eigenvalue weighted by Gasteiger charge is 2.20. The zero-order chi connectivity index (χ0) is 22.4. The van der Waals surface area contributed by atoms with Crippen LogP contribution in [0.3, 0.4) is 0 Å². The van der Waals surface area contributed by atoms with Crippen LogP contribution in [0.25, 0.3) is 11.3 Å². The summed E-state index contributed by atoms with van der Waals surface area (Å²) in [4.78, 5) is 20.8. The molecule has 11 heteroatoms. The van der Waals surface area contributed by atoms with Crippen molar-refractivity contribution in [2.45, 2.75) is 6.92 Å². The Morgan fingerprint density at radius 2 is 2.00 bits per heavy atom. The predicted molar refractivity (Wildman–Crippen MR) is 117 cm³/mol. The number of anilines is 3. The normalized spacial score (nSPS) is 11.2. The van der Waals surface area contributed by atoms with Crippen LogP contribution in [0.1, 0.15) is 17.3 Å². The number of nitrogens with one attached hydrogen (secondary N) is 2. The summed E-state index contributed by atoms with van der Waals surface area (Å²) in [6, 6.07) is 8.90. The maximum Gasteiger partial charge on any atom is 0.258 e. The SMILES string of the molecule is CCOc1nc(Nc2ccc(-c3cnco3)cc2)cc(N)c1C(=O)NCCS(C)(=O)=O. The Balaban J connectivity index is 1.78. The van der Waals surface area contributed by atoms with E-state index >= 15 is 0 Å². The Morgan fingerprint density at radius 3 is 2.61 bits per heavy atom. The number of nitrogen functional groups attached to an aromatic ring is 1. The molecule has 164 valence electrons. The number of nitrogens with zero attached hydrogens (tertiary/aromatic N) is 2. The highest BCUT2D eigenvalue weighted by atomic mass is 32.2. The molecule has 0 unspecified atom stereocenters. The van der Waals surface area contributed by atoms with Crippen LogP contribution in [0.15, 0.2) is 47.3 Å². The fourth-order valence-corrected chi connectivity index (χ4v) is 3.21. The van der Waals surface area contributed by atoms with Gasteiger partial charge in [0.05, 0.1) is 24.2 Å². The van der Waals surface area contributed by atoms with Crippen molar-refractivity contribution in [1.82, 2.24) is 15.3 Å². The van der Waals surface area contributed by atoms with E-state index in [0.717, 1.165) is 17.5 Å². The maximum absolute atomic E-state index is 12.5. The number of nitrogens with two attached hydrogens (primary N) is 1. The summed E-state index contributed by atoms with van der Waals surface area (Å²) >= 11 is 0.